The van der Waals surface area contributed by atoms with E-state index in [0.717, 1.165) is 22.2 Å². The van der Waals surface area contributed by atoms with Crippen molar-refractivity contribution in [3.8, 4) is 22.8 Å². The van der Waals surface area contributed by atoms with Gasteiger partial charge in [0.2, 0.25) is 0 Å². The number of para-hydroxylation sites is 1. The quantitative estimate of drug-likeness (QED) is 0.724. The molecule has 0 atom stereocenters. The molecule has 4 nitrogen and oxygen atoms in total. The fourth-order valence-electron chi connectivity index (χ4n) is 2.01. The molecule has 0 spiro atoms. The number of aromatic amines is 1. The van der Waals surface area contributed by atoms with E-state index in [1.54, 1.807) is 12.1 Å². The Balaban J connectivity index is 2.20. The van der Waals surface area contributed by atoms with Gasteiger partial charge in [-0.15, -0.1) is 0 Å². The normalized spacial score (nSPS) is 10.7. The first-order chi connectivity index (χ1) is 8.79. The molecule has 2 N–H and O–H groups in total. The van der Waals surface area contributed by atoms with E-state index in [1.165, 1.54) is 7.11 Å². The first-order valence-electron chi connectivity index (χ1n) is 5.60. The fourth-order valence-corrected chi connectivity index (χ4v) is 2.01. The largest absolute Gasteiger partial charge is 0.504 e. The van der Waals surface area contributed by atoms with Gasteiger partial charge in [-0.3, -0.25) is 5.10 Å². The summed E-state index contributed by atoms with van der Waals surface area (Å²) in [7, 11) is 1.53. The molecule has 0 amide bonds. The van der Waals surface area contributed by atoms with E-state index in [4.69, 9.17) is 4.74 Å². The van der Waals surface area contributed by atoms with Gasteiger partial charge < -0.3 is 9.84 Å². The molecular weight excluding hydrogens is 228 g/mol. The molecule has 3 rings (SSSR count). The molecule has 3 aromatic rings. The van der Waals surface area contributed by atoms with Crippen LogP contribution in [-0.2, 0) is 0 Å². The molecule has 1 heterocycles. The molecule has 4 heteroatoms. The highest BCUT2D eigenvalue weighted by Crippen LogP contribution is 2.33. The smallest absolute Gasteiger partial charge is 0.161 e. The van der Waals surface area contributed by atoms with Crippen LogP contribution in [0.2, 0.25) is 0 Å². The first kappa shape index (κ1) is 10.7. The number of benzene rings is 2. The maximum atomic E-state index is 9.59. The molecular formula is C14H12N2O2. The van der Waals surface area contributed by atoms with E-state index in [0.29, 0.717) is 5.75 Å². The lowest BCUT2D eigenvalue weighted by atomic mass is 10.1. The number of nitrogens with zero attached hydrogens (tertiary/aromatic N) is 1. The third kappa shape index (κ3) is 1.59. The second-order valence-corrected chi connectivity index (χ2v) is 4.00. The number of phenolic OH excluding ortho intramolecular Hbond substituents is 1. The molecule has 0 aliphatic carbocycles. The van der Waals surface area contributed by atoms with Crippen LogP contribution in [0, 0.1) is 0 Å². The molecule has 0 saturated carbocycles. The number of hydrogen-bond donors (Lipinski definition) is 2. The van der Waals surface area contributed by atoms with Gasteiger partial charge in [-0.05, 0) is 24.3 Å². The molecule has 90 valence electrons. The van der Waals surface area contributed by atoms with Crippen molar-refractivity contribution < 1.29 is 9.84 Å². The zero-order valence-corrected chi connectivity index (χ0v) is 9.84. The lowest BCUT2D eigenvalue weighted by molar-refractivity contribution is 0.373. The van der Waals surface area contributed by atoms with Crippen LogP contribution >= 0.6 is 0 Å². The minimum Gasteiger partial charge on any atom is -0.504 e. The number of ether oxygens (including phenoxy) is 1. The highest BCUT2D eigenvalue weighted by molar-refractivity contribution is 5.93. The monoisotopic (exact) mass is 240 g/mol. The van der Waals surface area contributed by atoms with Crippen LogP contribution in [0.15, 0.2) is 42.5 Å². The summed E-state index contributed by atoms with van der Waals surface area (Å²) < 4.78 is 5.11. The average molecular weight is 240 g/mol. The maximum absolute atomic E-state index is 9.59. The van der Waals surface area contributed by atoms with E-state index in [-0.39, 0.29) is 5.75 Å². The second-order valence-electron chi connectivity index (χ2n) is 4.00. The Kier molecular flexibility index (Phi) is 2.41. The molecule has 0 aliphatic rings. The van der Waals surface area contributed by atoms with Crippen molar-refractivity contribution in [1.29, 1.82) is 0 Å². The van der Waals surface area contributed by atoms with Gasteiger partial charge >= 0.3 is 0 Å². The van der Waals surface area contributed by atoms with E-state index in [1.807, 2.05) is 30.3 Å². The summed E-state index contributed by atoms with van der Waals surface area (Å²) in [5.41, 5.74) is 2.74. The van der Waals surface area contributed by atoms with Gasteiger partial charge in [0, 0.05) is 10.9 Å². The van der Waals surface area contributed by atoms with Crippen molar-refractivity contribution in [3.63, 3.8) is 0 Å². The number of H-pyrrole nitrogens is 1. The Hall–Kier alpha value is -2.49. The van der Waals surface area contributed by atoms with Crippen LogP contribution in [0.3, 0.4) is 0 Å². The van der Waals surface area contributed by atoms with E-state index in [2.05, 4.69) is 10.2 Å². The number of nitrogens with one attached hydrogen (secondary N) is 1. The molecule has 0 aliphatic heterocycles. The molecule has 0 fully saturated rings. The summed E-state index contributed by atoms with van der Waals surface area (Å²) in [6.45, 7) is 0. The van der Waals surface area contributed by atoms with Gasteiger partial charge in [-0.2, -0.15) is 5.10 Å². The molecule has 1 aromatic heterocycles. The Morgan fingerprint density at radius 1 is 1.17 bits per heavy atom. The minimum atomic E-state index is 0.126. The highest BCUT2D eigenvalue weighted by Gasteiger charge is 2.10. The maximum Gasteiger partial charge on any atom is 0.161 e. The summed E-state index contributed by atoms with van der Waals surface area (Å²) in [6, 6.07) is 13.1. The number of hydrogen-bond acceptors (Lipinski definition) is 3. The highest BCUT2D eigenvalue weighted by atomic mass is 16.5. The lowest BCUT2D eigenvalue weighted by Crippen LogP contribution is -1.85. The van der Waals surface area contributed by atoms with Crippen LogP contribution in [0.5, 0.6) is 11.5 Å². The van der Waals surface area contributed by atoms with Crippen molar-refractivity contribution in [1.82, 2.24) is 10.2 Å². The third-order valence-corrected chi connectivity index (χ3v) is 2.92. The van der Waals surface area contributed by atoms with E-state index < -0.39 is 0 Å². The van der Waals surface area contributed by atoms with Gasteiger partial charge in [-0.1, -0.05) is 18.2 Å². The summed E-state index contributed by atoms with van der Waals surface area (Å²) in [5, 5.41) is 17.9. The number of aromatic hydroxyl groups is 1. The summed E-state index contributed by atoms with van der Waals surface area (Å²) in [4.78, 5) is 0. The number of methoxy groups -OCH3 is 1. The Labute approximate surface area is 104 Å². The summed E-state index contributed by atoms with van der Waals surface area (Å²) in [6.07, 6.45) is 0. The predicted octanol–water partition coefficient (Wildman–Crippen LogP) is 2.94. The van der Waals surface area contributed by atoms with Crippen LogP contribution in [0.25, 0.3) is 22.2 Å². The molecule has 18 heavy (non-hydrogen) atoms. The number of fused-ring (bicyclic) bond motifs is 1. The lowest BCUT2D eigenvalue weighted by Gasteiger charge is -2.05. The zero-order chi connectivity index (χ0) is 12.5. The van der Waals surface area contributed by atoms with Gasteiger partial charge in [0.1, 0.15) is 5.69 Å². The van der Waals surface area contributed by atoms with Gasteiger partial charge in [-0.25, -0.2) is 0 Å². The van der Waals surface area contributed by atoms with Crippen LogP contribution in [0.1, 0.15) is 0 Å². The van der Waals surface area contributed by atoms with Crippen molar-refractivity contribution >= 4 is 10.9 Å². The molecule has 0 unspecified atom stereocenters. The number of aromatic nitrogens is 2. The number of rotatable bonds is 2. The summed E-state index contributed by atoms with van der Waals surface area (Å²) >= 11 is 0. The molecule has 0 radical (unpaired) electrons. The van der Waals surface area contributed by atoms with Crippen molar-refractivity contribution in [2.45, 2.75) is 0 Å². The topological polar surface area (TPSA) is 58.1 Å². The van der Waals surface area contributed by atoms with Crippen LogP contribution in [-0.4, -0.2) is 22.4 Å². The van der Waals surface area contributed by atoms with Gasteiger partial charge in [0.05, 0.1) is 12.6 Å². The van der Waals surface area contributed by atoms with E-state index >= 15 is 0 Å². The third-order valence-electron chi connectivity index (χ3n) is 2.92. The Bertz CT molecular complexity index is 704. The predicted molar refractivity (Wildman–Crippen MR) is 69.7 cm³/mol. The van der Waals surface area contributed by atoms with Crippen LogP contribution < -0.4 is 4.74 Å². The van der Waals surface area contributed by atoms with Crippen molar-refractivity contribution in [2.75, 3.05) is 7.11 Å². The zero-order valence-electron chi connectivity index (χ0n) is 9.84. The fraction of sp³-hybridized carbons (Fsp3) is 0.0714. The average Bonchev–Trinajstić information content (AvgIpc) is 2.83. The minimum absolute atomic E-state index is 0.126. The molecule has 2 aromatic carbocycles. The standard InChI is InChI=1S/C14H12N2O2/c1-18-13-8-9(6-7-12(13)17)14-10-4-2-3-5-11(10)15-16-14/h2-8,17H,1H3,(H,15,16). The van der Waals surface area contributed by atoms with E-state index in [9.17, 15) is 5.11 Å². The van der Waals surface area contributed by atoms with Gasteiger partial charge in [0.15, 0.2) is 11.5 Å². The van der Waals surface area contributed by atoms with Gasteiger partial charge in [0.25, 0.3) is 0 Å². The van der Waals surface area contributed by atoms with Crippen molar-refractivity contribution in [2.24, 2.45) is 0 Å². The SMILES string of the molecule is COc1cc(-c2n[nH]c3ccccc23)ccc1O. The first-order valence-corrected chi connectivity index (χ1v) is 5.60. The van der Waals surface area contributed by atoms with Crippen LogP contribution in [0.4, 0.5) is 0 Å². The molecule has 0 bridgehead atoms. The molecule has 0 saturated heterocycles. The van der Waals surface area contributed by atoms with Crippen molar-refractivity contribution in [3.05, 3.63) is 42.5 Å². The second kappa shape index (κ2) is 4.07. The Morgan fingerprint density at radius 2 is 2.00 bits per heavy atom. The number of phenols is 1. The summed E-state index contributed by atoms with van der Waals surface area (Å²) in [5.74, 6) is 0.570. The Morgan fingerprint density at radius 3 is 2.83 bits per heavy atom.